The Balaban J connectivity index is 1.93. The quantitative estimate of drug-likeness (QED) is 0.530. The van der Waals surface area contributed by atoms with Crippen LogP contribution in [0.1, 0.15) is 30.0 Å². The first-order valence-corrected chi connectivity index (χ1v) is 9.08. The summed E-state index contributed by atoms with van der Waals surface area (Å²) in [4.78, 5) is 28.0. The molecule has 0 amide bonds. The van der Waals surface area contributed by atoms with Crippen LogP contribution in [0, 0.1) is 0 Å². The van der Waals surface area contributed by atoms with E-state index in [2.05, 4.69) is 31.6 Å². The molecule has 0 aliphatic carbocycles. The molecule has 1 N–H and O–H groups in total. The molecule has 3 rings (SSSR count). The largest absolute Gasteiger partial charge is 0.477 e. The summed E-state index contributed by atoms with van der Waals surface area (Å²) >= 11 is 2.63. The molecule has 0 radical (unpaired) electrons. The van der Waals surface area contributed by atoms with Gasteiger partial charge >= 0.3 is 5.97 Å². The molecule has 3 aromatic heterocycles. The maximum atomic E-state index is 11.5. The first kappa shape index (κ1) is 16.7. The monoisotopic (exact) mass is 364 g/mol. The predicted molar refractivity (Wildman–Crippen MR) is 92.0 cm³/mol. The summed E-state index contributed by atoms with van der Waals surface area (Å²) in [5.41, 5.74) is 2.09. The van der Waals surface area contributed by atoms with Gasteiger partial charge in [0.25, 0.3) is 0 Å². The van der Waals surface area contributed by atoms with Crippen LogP contribution in [0.2, 0.25) is 0 Å². The molecule has 0 aromatic carbocycles. The molecular formula is C15H16N4O3S2. The standard InChI is InChI=1S/C15H16N4O3S2/c1-4-8-6-9-11(16-8)18-14(19-12(9)22-5-2)24-15-17-10(7-23-15)13(20)21-3/h6-7H,4-5H2,1-3H3,(H,16,18,19). The fraction of sp³-hybridized carbons (Fsp3) is 0.333. The van der Waals surface area contributed by atoms with Gasteiger partial charge in [0.05, 0.1) is 19.1 Å². The number of fused-ring (bicyclic) bond motifs is 1. The molecule has 0 fully saturated rings. The maximum Gasteiger partial charge on any atom is 0.357 e. The van der Waals surface area contributed by atoms with E-state index in [0.29, 0.717) is 22.0 Å². The highest BCUT2D eigenvalue weighted by atomic mass is 32.2. The molecule has 0 spiro atoms. The zero-order chi connectivity index (χ0) is 17.1. The molecule has 0 unspecified atom stereocenters. The Morgan fingerprint density at radius 2 is 2.17 bits per heavy atom. The van der Waals surface area contributed by atoms with Crippen molar-refractivity contribution in [1.29, 1.82) is 0 Å². The van der Waals surface area contributed by atoms with Crippen molar-refractivity contribution >= 4 is 40.1 Å². The predicted octanol–water partition coefficient (Wildman–Crippen LogP) is 3.31. The normalized spacial score (nSPS) is 11.0. The third kappa shape index (κ3) is 3.36. The summed E-state index contributed by atoms with van der Waals surface area (Å²) in [6, 6.07) is 2.01. The number of nitrogens with one attached hydrogen (secondary N) is 1. The van der Waals surface area contributed by atoms with Gasteiger partial charge in [-0.2, -0.15) is 4.98 Å². The number of ether oxygens (including phenoxy) is 2. The number of thiazole rings is 1. The lowest BCUT2D eigenvalue weighted by Gasteiger charge is -2.05. The van der Waals surface area contributed by atoms with E-state index < -0.39 is 5.97 Å². The van der Waals surface area contributed by atoms with Crippen molar-refractivity contribution in [2.24, 2.45) is 0 Å². The van der Waals surface area contributed by atoms with Crippen molar-refractivity contribution in [3.8, 4) is 5.88 Å². The smallest absolute Gasteiger partial charge is 0.357 e. The van der Waals surface area contributed by atoms with Gasteiger partial charge in [-0.3, -0.25) is 0 Å². The van der Waals surface area contributed by atoms with Crippen molar-refractivity contribution in [3.63, 3.8) is 0 Å². The fourth-order valence-electron chi connectivity index (χ4n) is 2.08. The molecule has 24 heavy (non-hydrogen) atoms. The van der Waals surface area contributed by atoms with Gasteiger partial charge < -0.3 is 14.5 Å². The maximum absolute atomic E-state index is 11.5. The van der Waals surface area contributed by atoms with Crippen LogP contribution in [-0.2, 0) is 11.2 Å². The summed E-state index contributed by atoms with van der Waals surface area (Å²) in [6.45, 7) is 4.50. The summed E-state index contributed by atoms with van der Waals surface area (Å²) in [5.74, 6) is 0.0899. The number of aryl methyl sites for hydroxylation is 1. The SMILES string of the molecule is CCOc1nc(Sc2nc(C(=O)OC)cs2)nc2[nH]c(CC)cc12. The van der Waals surface area contributed by atoms with Gasteiger partial charge in [-0.25, -0.2) is 14.8 Å². The molecule has 9 heteroatoms. The molecule has 7 nitrogen and oxygen atoms in total. The minimum atomic E-state index is -0.457. The molecular weight excluding hydrogens is 348 g/mol. The van der Waals surface area contributed by atoms with E-state index in [1.54, 1.807) is 5.38 Å². The highest BCUT2D eigenvalue weighted by Gasteiger charge is 2.16. The van der Waals surface area contributed by atoms with Crippen molar-refractivity contribution in [1.82, 2.24) is 19.9 Å². The van der Waals surface area contributed by atoms with Gasteiger partial charge in [-0.15, -0.1) is 11.3 Å². The van der Waals surface area contributed by atoms with Crippen LogP contribution in [0.5, 0.6) is 5.88 Å². The van der Waals surface area contributed by atoms with E-state index in [0.717, 1.165) is 23.1 Å². The molecule has 126 valence electrons. The van der Waals surface area contributed by atoms with Gasteiger partial charge in [0.1, 0.15) is 5.65 Å². The van der Waals surface area contributed by atoms with E-state index in [-0.39, 0.29) is 5.69 Å². The van der Waals surface area contributed by atoms with E-state index in [1.807, 2.05) is 13.0 Å². The van der Waals surface area contributed by atoms with Crippen LogP contribution in [-0.4, -0.2) is 39.6 Å². The Bertz CT molecular complexity index is 875. The van der Waals surface area contributed by atoms with Crippen LogP contribution in [0.4, 0.5) is 0 Å². The van der Waals surface area contributed by atoms with Gasteiger partial charge in [0.15, 0.2) is 15.2 Å². The van der Waals surface area contributed by atoms with Gasteiger partial charge in [-0.05, 0) is 31.2 Å². The number of aromatic nitrogens is 4. The third-order valence-electron chi connectivity index (χ3n) is 3.21. The average Bonchev–Trinajstić information content (AvgIpc) is 3.21. The number of carbonyl (C=O) groups excluding carboxylic acids is 1. The number of hydrogen-bond donors (Lipinski definition) is 1. The lowest BCUT2D eigenvalue weighted by atomic mass is 10.3. The number of aromatic amines is 1. The molecule has 0 atom stereocenters. The molecule has 3 heterocycles. The number of methoxy groups -OCH3 is 1. The van der Waals surface area contributed by atoms with Crippen molar-refractivity contribution < 1.29 is 14.3 Å². The molecule has 3 aromatic rings. The van der Waals surface area contributed by atoms with Gasteiger partial charge in [0, 0.05) is 11.1 Å². The number of esters is 1. The lowest BCUT2D eigenvalue weighted by Crippen LogP contribution is -2.01. The van der Waals surface area contributed by atoms with Crippen LogP contribution in [0.3, 0.4) is 0 Å². The Kier molecular flexibility index (Phi) is 5.00. The molecule has 0 aliphatic rings. The molecule has 0 saturated heterocycles. The second-order valence-corrected chi connectivity index (χ2v) is 6.82. The number of carbonyl (C=O) groups is 1. The summed E-state index contributed by atoms with van der Waals surface area (Å²) < 4.78 is 11.0. The van der Waals surface area contributed by atoms with Crippen molar-refractivity contribution in [3.05, 3.63) is 22.8 Å². The van der Waals surface area contributed by atoms with Crippen molar-refractivity contribution in [2.45, 2.75) is 29.8 Å². The van der Waals surface area contributed by atoms with Gasteiger partial charge in [-0.1, -0.05) is 6.92 Å². The first-order chi connectivity index (χ1) is 11.6. The first-order valence-electron chi connectivity index (χ1n) is 7.38. The van der Waals surface area contributed by atoms with Crippen molar-refractivity contribution in [2.75, 3.05) is 13.7 Å². The highest BCUT2D eigenvalue weighted by molar-refractivity contribution is 8.00. The zero-order valence-corrected chi connectivity index (χ0v) is 15.1. The number of hydrogen-bond acceptors (Lipinski definition) is 8. The Morgan fingerprint density at radius 3 is 2.88 bits per heavy atom. The Morgan fingerprint density at radius 1 is 1.33 bits per heavy atom. The van der Waals surface area contributed by atoms with Crippen LogP contribution in [0.15, 0.2) is 20.9 Å². The van der Waals surface area contributed by atoms with Crippen LogP contribution in [0.25, 0.3) is 11.0 Å². The van der Waals surface area contributed by atoms with E-state index >= 15 is 0 Å². The number of nitrogens with zero attached hydrogens (tertiary/aromatic N) is 3. The molecule has 0 bridgehead atoms. The fourth-order valence-corrected chi connectivity index (χ4v) is 3.72. The molecule has 0 aliphatic heterocycles. The Hall–Kier alpha value is -2.13. The van der Waals surface area contributed by atoms with E-state index in [4.69, 9.17) is 4.74 Å². The lowest BCUT2D eigenvalue weighted by molar-refractivity contribution is 0.0594. The second-order valence-electron chi connectivity index (χ2n) is 4.75. The van der Waals surface area contributed by atoms with Crippen LogP contribution >= 0.6 is 23.1 Å². The summed E-state index contributed by atoms with van der Waals surface area (Å²) in [5, 5.41) is 3.04. The third-order valence-corrected chi connectivity index (χ3v) is 5.01. The van der Waals surface area contributed by atoms with Gasteiger partial charge in [0.2, 0.25) is 5.88 Å². The topological polar surface area (TPSA) is 90.0 Å². The summed E-state index contributed by atoms with van der Waals surface area (Å²) in [7, 11) is 1.33. The van der Waals surface area contributed by atoms with E-state index in [1.165, 1.54) is 30.2 Å². The average molecular weight is 364 g/mol. The minimum Gasteiger partial charge on any atom is -0.477 e. The number of rotatable bonds is 6. The van der Waals surface area contributed by atoms with Crippen LogP contribution < -0.4 is 4.74 Å². The zero-order valence-electron chi connectivity index (χ0n) is 13.5. The number of H-pyrrole nitrogens is 1. The molecule has 0 saturated carbocycles. The minimum absolute atomic E-state index is 0.282. The summed E-state index contributed by atoms with van der Waals surface area (Å²) in [6.07, 6.45) is 0.874. The second kappa shape index (κ2) is 7.18. The highest BCUT2D eigenvalue weighted by Crippen LogP contribution is 2.32. The Labute approximate surface area is 146 Å². The van der Waals surface area contributed by atoms with E-state index in [9.17, 15) is 4.79 Å².